The van der Waals surface area contributed by atoms with E-state index in [1.165, 1.54) is 0 Å². The molecule has 6 nitrogen and oxygen atoms in total. The van der Waals surface area contributed by atoms with Crippen molar-refractivity contribution in [1.29, 1.82) is 0 Å². The Kier molecular flexibility index (Phi) is 44.7. The molecule has 0 aromatic rings. The second kappa shape index (κ2) is 30.9. The second-order valence-electron chi connectivity index (χ2n) is 2.35. The van der Waals surface area contributed by atoms with Gasteiger partial charge in [0.15, 0.2) is 0 Å². The molecule has 0 rings (SSSR count). The predicted molar refractivity (Wildman–Crippen MR) is 77.1 cm³/mol. The van der Waals surface area contributed by atoms with Gasteiger partial charge in [0.1, 0.15) is 0 Å². The fourth-order valence-electron chi connectivity index (χ4n) is 0.237. The van der Waals surface area contributed by atoms with Crippen molar-refractivity contribution in [2.24, 2.45) is 0 Å². The summed E-state index contributed by atoms with van der Waals surface area (Å²) in [5.41, 5.74) is 0. The molecule has 0 aromatic heterocycles. The van der Waals surface area contributed by atoms with Crippen LogP contribution in [0.25, 0.3) is 0 Å². The molecule has 0 bridgehead atoms. The molecule has 0 heterocycles. The molecule has 0 aliphatic rings. The van der Waals surface area contributed by atoms with Crippen LogP contribution in [0.5, 0.6) is 0 Å². The van der Waals surface area contributed by atoms with Crippen LogP contribution in [0.3, 0.4) is 0 Å². The van der Waals surface area contributed by atoms with Crippen LogP contribution in [-0.4, -0.2) is 45.7 Å². The first-order chi connectivity index (χ1) is 8.95. The molecule has 0 radical (unpaired) electrons. The molecule has 19 heavy (non-hydrogen) atoms. The van der Waals surface area contributed by atoms with Crippen LogP contribution in [0.1, 0.15) is 19.3 Å². The topological polar surface area (TPSA) is 109 Å². The predicted octanol–water partition coefficient (Wildman–Crippen LogP) is 1.08. The Hall–Kier alpha value is 0.174. The molecule has 10 heteroatoms. The van der Waals surface area contributed by atoms with Crippen molar-refractivity contribution in [1.82, 2.24) is 0 Å². The van der Waals surface area contributed by atoms with E-state index in [-0.39, 0.29) is 12.8 Å². The van der Waals surface area contributed by atoms with Crippen LogP contribution >= 0.6 is 37.9 Å². The van der Waals surface area contributed by atoms with Gasteiger partial charge >= 0.3 is 35.7 Å². The third kappa shape index (κ3) is 71.2. The summed E-state index contributed by atoms with van der Waals surface area (Å²) < 4.78 is 8.25. The molecular weight excluding hydrogens is 348 g/mol. The summed E-state index contributed by atoms with van der Waals surface area (Å²) in [7, 11) is 0. The fraction of sp³-hybridized carbons (Fsp3) is 0.667. The number of hydrogen-bond donors (Lipinski definition) is 5. The molecule has 2 N–H and O–H groups in total. The normalized spacial score (nSPS) is 7.42. The third-order valence-corrected chi connectivity index (χ3v) is 1.54. The van der Waals surface area contributed by atoms with Crippen molar-refractivity contribution in [2.45, 2.75) is 19.3 Å². The SMILES string of the molecule is O=C(O)CCS.O=C(O)CCS.O=[C-]CCS.[O]=[Ti+]. The maximum atomic E-state index is 9.55. The standard InChI is InChI=1S/2C3H6O2S.C3H5OS.O.Ti/c2*4-3(5)1-2-6;4-2-1-3-5;;/h2*6H,1-2H2,(H,4,5);5H,1,3H2;;/q;;-1;;+1. The van der Waals surface area contributed by atoms with Crippen LogP contribution in [0.15, 0.2) is 0 Å². The van der Waals surface area contributed by atoms with Gasteiger partial charge < -0.3 is 15.0 Å². The monoisotopic (exact) mass is 365 g/mol. The van der Waals surface area contributed by atoms with Crippen LogP contribution in [0.4, 0.5) is 0 Å². The van der Waals surface area contributed by atoms with Gasteiger partial charge in [0, 0.05) is 11.5 Å². The van der Waals surface area contributed by atoms with E-state index in [0.29, 0.717) is 23.7 Å². The van der Waals surface area contributed by atoms with Crippen LogP contribution in [-0.2, 0) is 38.1 Å². The zero-order valence-corrected chi connectivity index (χ0v) is 14.4. The van der Waals surface area contributed by atoms with Crippen molar-refractivity contribution in [2.75, 3.05) is 17.3 Å². The van der Waals surface area contributed by atoms with Crippen molar-refractivity contribution in [3.63, 3.8) is 0 Å². The number of aliphatic carboxylic acids is 2. The molecule has 0 atom stereocenters. The van der Waals surface area contributed by atoms with Crippen LogP contribution in [0, 0.1) is 0 Å². The first kappa shape index (κ1) is 27.5. The molecule has 0 aliphatic heterocycles. The summed E-state index contributed by atoms with van der Waals surface area (Å²) in [6.45, 7) is 0. The molecule has 111 valence electrons. The Bertz CT molecular complexity index is 202. The quantitative estimate of drug-likeness (QED) is 0.274. The molecule has 0 amide bonds. The van der Waals surface area contributed by atoms with Gasteiger partial charge in [0.05, 0.1) is 12.8 Å². The Morgan fingerprint density at radius 3 is 1.21 bits per heavy atom. The second-order valence-corrected chi connectivity index (χ2v) is 3.69. The van der Waals surface area contributed by atoms with Gasteiger partial charge in [-0.05, 0) is 5.75 Å². The minimum absolute atomic E-state index is 0.156. The first-order valence-corrected chi connectivity index (χ1v) is 7.31. The Balaban J connectivity index is -0.0000000835. The average molecular weight is 365 g/mol. The van der Waals surface area contributed by atoms with Gasteiger partial charge in [-0.2, -0.15) is 37.9 Å². The fourth-order valence-corrected chi connectivity index (χ4v) is 0.711. The third-order valence-electron chi connectivity index (χ3n) is 0.865. The van der Waals surface area contributed by atoms with Gasteiger partial charge in [-0.1, -0.05) is 0 Å². The van der Waals surface area contributed by atoms with Gasteiger partial charge in [0.2, 0.25) is 0 Å². The van der Waals surface area contributed by atoms with Crippen molar-refractivity contribution < 1.29 is 48.3 Å². The zero-order chi connectivity index (χ0) is 16.1. The molecule has 0 aromatic carbocycles. The minimum atomic E-state index is -0.787. The van der Waals surface area contributed by atoms with Crippen LogP contribution in [0.2, 0.25) is 0 Å². The van der Waals surface area contributed by atoms with E-state index in [4.69, 9.17) is 13.5 Å². The molecule has 0 saturated carbocycles. The first-order valence-electron chi connectivity index (χ1n) is 4.77. The van der Waals surface area contributed by atoms with E-state index in [2.05, 4.69) is 37.9 Å². The molecule has 0 spiro atoms. The molecular formula is C9H17O6S3Ti. The van der Waals surface area contributed by atoms with E-state index >= 15 is 0 Å². The molecule has 0 fully saturated rings. The van der Waals surface area contributed by atoms with E-state index in [9.17, 15) is 14.4 Å². The van der Waals surface area contributed by atoms with E-state index in [1.807, 2.05) is 0 Å². The van der Waals surface area contributed by atoms with Gasteiger partial charge in [-0.3, -0.25) is 15.9 Å². The van der Waals surface area contributed by atoms with Gasteiger partial charge in [-0.15, -0.1) is 6.42 Å². The number of carboxylic acid groups (broad SMARTS) is 2. The van der Waals surface area contributed by atoms with Gasteiger partial charge in [-0.25, -0.2) is 0 Å². The van der Waals surface area contributed by atoms with Crippen molar-refractivity contribution in [3.8, 4) is 0 Å². The Morgan fingerprint density at radius 2 is 1.21 bits per heavy atom. The number of carbonyl (C=O) groups excluding carboxylic acids is 1. The summed E-state index contributed by atoms with van der Waals surface area (Å²) in [5.74, 6) is -0.108. The van der Waals surface area contributed by atoms with Crippen molar-refractivity contribution >= 4 is 56.1 Å². The number of rotatable bonds is 6. The number of thiol groups is 3. The number of carbonyl (C=O) groups is 2. The summed E-state index contributed by atoms with van der Waals surface area (Å²) in [6, 6.07) is 0. The zero-order valence-electron chi connectivity index (χ0n) is 10.1. The summed E-state index contributed by atoms with van der Waals surface area (Å²) >= 11 is 11.8. The number of carboxylic acids is 2. The molecule has 0 aliphatic carbocycles. The van der Waals surface area contributed by atoms with Crippen molar-refractivity contribution in [3.05, 3.63) is 0 Å². The number of hydrogen-bond acceptors (Lipinski definition) is 7. The van der Waals surface area contributed by atoms with E-state index in [1.54, 1.807) is 6.29 Å². The summed E-state index contributed by atoms with van der Waals surface area (Å²) in [4.78, 5) is 28.3. The van der Waals surface area contributed by atoms with E-state index < -0.39 is 11.9 Å². The summed E-state index contributed by atoms with van der Waals surface area (Å²) in [6.07, 6.45) is 2.45. The van der Waals surface area contributed by atoms with Crippen LogP contribution < -0.4 is 0 Å². The molecule has 0 unspecified atom stereocenters. The molecule has 0 saturated heterocycles. The Morgan fingerprint density at radius 1 is 0.895 bits per heavy atom. The maximum absolute atomic E-state index is 9.55. The average Bonchev–Trinajstić information content (AvgIpc) is 2.34. The van der Waals surface area contributed by atoms with E-state index in [0.717, 1.165) is 20.4 Å². The Labute approximate surface area is 140 Å². The van der Waals surface area contributed by atoms with Gasteiger partial charge in [0.25, 0.3) is 0 Å². The summed E-state index contributed by atoms with van der Waals surface area (Å²) in [5, 5.41) is 15.7.